The molecule has 0 saturated heterocycles. The van der Waals surface area contributed by atoms with Gasteiger partial charge in [-0.25, -0.2) is 9.78 Å². The molecule has 7 heteroatoms. The SMILES string of the molecule is CC[C@H](COC)NC(=O)Nc1ccc2nc(-c3ccccn3)oc2c1. The van der Waals surface area contributed by atoms with Gasteiger partial charge in [0, 0.05) is 25.1 Å². The van der Waals surface area contributed by atoms with Gasteiger partial charge in [-0.3, -0.25) is 4.98 Å². The van der Waals surface area contributed by atoms with E-state index in [1.165, 1.54) is 0 Å². The Bertz CT molecular complexity index is 848. The van der Waals surface area contributed by atoms with Gasteiger partial charge in [-0.2, -0.15) is 0 Å². The van der Waals surface area contributed by atoms with E-state index in [4.69, 9.17) is 9.15 Å². The molecule has 7 nitrogen and oxygen atoms in total. The first-order valence-corrected chi connectivity index (χ1v) is 8.08. The van der Waals surface area contributed by atoms with Crippen molar-refractivity contribution >= 4 is 22.8 Å². The molecule has 0 saturated carbocycles. The zero-order chi connectivity index (χ0) is 17.6. The van der Waals surface area contributed by atoms with Crippen molar-refractivity contribution in [2.45, 2.75) is 19.4 Å². The Balaban J connectivity index is 1.74. The molecule has 25 heavy (non-hydrogen) atoms. The number of amides is 2. The van der Waals surface area contributed by atoms with Crippen molar-refractivity contribution in [2.24, 2.45) is 0 Å². The molecule has 1 atom stereocenters. The third-order valence-electron chi connectivity index (χ3n) is 3.73. The highest BCUT2D eigenvalue weighted by atomic mass is 16.5. The van der Waals surface area contributed by atoms with Crippen molar-refractivity contribution in [3.8, 4) is 11.6 Å². The largest absolute Gasteiger partial charge is 0.435 e. The van der Waals surface area contributed by atoms with Crippen molar-refractivity contribution in [1.29, 1.82) is 0 Å². The maximum absolute atomic E-state index is 12.1. The number of benzene rings is 1. The zero-order valence-corrected chi connectivity index (χ0v) is 14.2. The second kappa shape index (κ2) is 7.76. The molecule has 2 heterocycles. The van der Waals surface area contributed by atoms with E-state index < -0.39 is 0 Å². The standard InChI is InChI=1S/C18H20N4O3/c1-3-12(11-24-2)20-18(23)21-13-7-8-14-16(10-13)25-17(22-14)15-6-4-5-9-19-15/h4-10,12H,3,11H2,1-2H3,(H2,20,21,23)/t12-/m1/s1. The molecule has 3 aromatic rings. The number of ether oxygens (including phenoxy) is 1. The number of nitrogens with zero attached hydrogens (tertiary/aromatic N) is 2. The first-order valence-electron chi connectivity index (χ1n) is 8.08. The molecule has 1 aromatic carbocycles. The average Bonchev–Trinajstić information content (AvgIpc) is 3.05. The summed E-state index contributed by atoms with van der Waals surface area (Å²) in [6.07, 6.45) is 2.47. The van der Waals surface area contributed by atoms with Gasteiger partial charge < -0.3 is 19.8 Å². The summed E-state index contributed by atoms with van der Waals surface area (Å²) in [6, 6.07) is 10.5. The number of methoxy groups -OCH3 is 1. The lowest BCUT2D eigenvalue weighted by molar-refractivity contribution is 0.165. The molecule has 0 aliphatic heterocycles. The topological polar surface area (TPSA) is 89.3 Å². The molecule has 3 rings (SSSR count). The monoisotopic (exact) mass is 340 g/mol. The van der Waals surface area contributed by atoms with E-state index in [1.54, 1.807) is 31.5 Å². The fourth-order valence-electron chi connectivity index (χ4n) is 2.42. The van der Waals surface area contributed by atoms with Gasteiger partial charge >= 0.3 is 6.03 Å². The number of pyridine rings is 1. The number of carbonyl (C=O) groups is 1. The number of hydrogen-bond acceptors (Lipinski definition) is 5. The number of carbonyl (C=O) groups excluding carboxylic acids is 1. The predicted octanol–water partition coefficient (Wildman–Crippen LogP) is 3.44. The average molecular weight is 340 g/mol. The van der Waals surface area contributed by atoms with Crippen LogP contribution in [-0.2, 0) is 4.74 Å². The molecule has 130 valence electrons. The fraction of sp³-hybridized carbons (Fsp3) is 0.278. The smallest absolute Gasteiger partial charge is 0.319 e. The van der Waals surface area contributed by atoms with E-state index in [2.05, 4.69) is 20.6 Å². The van der Waals surface area contributed by atoms with Crippen LogP contribution in [0.15, 0.2) is 47.0 Å². The lowest BCUT2D eigenvalue weighted by atomic mass is 10.2. The van der Waals surface area contributed by atoms with Gasteiger partial charge in [0.1, 0.15) is 11.2 Å². The number of rotatable bonds is 6. The molecule has 0 spiro atoms. The Morgan fingerprint density at radius 1 is 1.32 bits per heavy atom. The summed E-state index contributed by atoms with van der Waals surface area (Å²) < 4.78 is 10.8. The van der Waals surface area contributed by atoms with Gasteiger partial charge in [-0.05, 0) is 30.7 Å². The van der Waals surface area contributed by atoms with E-state index in [-0.39, 0.29) is 12.1 Å². The maximum atomic E-state index is 12.1. The molecule has 0 fully saturated rings. The molecule has 0 radical (unpaired) electrons. The summed E-state index contributed by atoms with van der Waals surface area (Å²) in [5, 5.41) is 5.66. The summed E-state index contributed by atoms with van der Waals surface area (Å²) in [4.78, 5) is 20.7. The van der Waals surface area contributed by atoms with Crippen LogP contribution in [-0.4, -0.2) is 35.8 Å². The number of anilines is 1. The molecule has 0 aliphatic carbocycles. The van der Waals surface area contributed by atoms with Crippen molar-refractivity contribution in [2.75, 3.05) is 19.0 Å². The second-order valence-corrected chi connectivity index (χ2v) is 5.58. The van der Waals surface area contributed by atoms with Crippen molar-refractivity contribution in [1.82, 2.24) is 15.3 Å². The normalized spacial score (nSPS) is 12.1. The van der Waals surface area contributed by atoms with Crippen LogP contribution < -0.4 is 10.6 Å². The summed E-state index contributed by atoms with van der Waals surface area (Å²) in [5.41, 5.74) is 2.58. The van der Waals surface area contributed by atoms with Crippen LogP contribution in [0.25, 0.3) is 22.7 Å². The first kappa shape index (κ1) is 16.9. The molecule has 2 amide bonds. The highest BCUT2D eigenvalue weighted by Gasteiger charge is 2.12. The van der Waals surface area contributed by atoms with E-state index in [9.17, 15) is 4.79 Å². The molecule has 0 aliphatic rings. The zero-order valence-electron chi connectivity index (χ0n) is 14.2. The fourth-order valence-corrected chi connectivity index (χ4v) is 2.42. The Morgan fingerprint density at radius 3 is 2.92 bits per heavy atom. The van der Waals surface area contributed by atoms with Gasteiger partial charge in [-0.15, -0.1) is 0 Å². The highest BCUT2D eigenvalue weighted by Crippen LogP contribution is 2.25. The first-order chi connectivity index (χ1) is 12.2. The van der Waals surface area contributed by atoms with E-state index in [0.717, 1.165) is 6.42 Å². The third-order valence-corrected chi connectivity index (χ3v) is 3.73. The van der Waals surface area contributed by atoms with Gasteiger partial charge in [0.25, 0.3) is 0 Å². The predicted molar refractivity (Wildman–Crippen MR) is 95.3 cm³/mol. The number of oxazole rings is 1. The molecule has 0 unspecified atom stereocenters. The molecule has 2 aromatic heterocycles. The van der Waals surface area contributed by atoms with Crippen LogP contribution in [0.5, 0.6) is 0 Å². The number of nitrogens with one attached hydrogen (secondary N) is 2. The van der Waals surface area contributed by atoms with Crippen LogP contribution in [0.2, 0.25) is 0 Å². The van der Waals surface area contributed by atoms with Crippen molar-refractivity contribution < 1.29 is 13.9 Å². The molecular formula is C18H20N4O3. The van der Waals surface area contributed by atoms with Gasteiger partial charge in [0.05, 0.1) is 12.6 Å². The van der Waals surface area contributed by atoms with E-state index in [1.807, 2.05) is 25.1 Å². The van der Waals surface area contributed by atoms with Gasteiger partial charge in [0.15, 0.2) is 5.58 Å². The van der Waals surface area contributed by atoms with Crippen molar-refractivity contribution in [3.05, 3.63) is 42.6 Å². The van der Waals surface area contributed by atoms with Gasteiger partial charge in [-0.1, -0.05) is 13.0 Å². The number of fused-ring (bicyclic) bond motifs is 1. The summed E-state index contributed by atoms with van der Waals surface area (Å²) in [5.74, 6) is 0.448. The minimum absolute atomic E-state index is 0.0326. The minimum atomic E-state index is -0.285. The highest BCUT2D eigenvalue weighted by molar-refractivity contribution is 5.92. The lowest BCUT2D eigenvalue weighted by Crippen LogP contribution is -2.40. The summed E-state index contributed by atoms with van der Waals surface area (Å²) in [7, 11) is 1.61. The Morgan fingerprint density at radius 2 is 2.20 bits per heavy atom. The van der Waals surface area contributed by atoms with E-state index in [0.29, 0.717) is 35.0 Å². The number of hydrogen-bond donors (Lipinski definition) is 2. The van der Waals surface area contributed by atoms with Gasteiger partial charge in [0.2, 0.25) is 5.89 Å². The quantitative estimate of drug-likeness (QED) is 0.717. The number of urea groups is 1. The second-order valence-electron chi connectivity index (χ2n) is 5.58. The van der Waals surface area contributed by atoms with Crippen LogP contribution in [0, 0.1) is 0 Å². The Kier molecular flexibility index (Phi) is 5.25. The Labute approximate surface area is 145 Å². The van der Waals surface area contributed by atoms with E-state index >= 15 is 0 Å². The summed E-state index contributed by atoms with van der Waals surface area (Å²) in [6.45, 7) is 2.46. The van der Waals surface area contributed by atoms with Crippen LogP contribution >= 0.6 is 0 Å². The molecule has 0 bridgehead atoms. The minimum Gasteiger partial charge on any atom is -0.435 e. The Hall–Kier alpha value is -2.93. The third kappa shape index (κ3) is 4.13. The lowest BCUT2D eigenvalue weighted by Gasteiger charge is -2.16. The number of aromatic nitrogens is 2. The maximum Gasteiger partial charge on any atom is 0.319 e. The summed E-state index contributed by atoms with van der Waals surface area (Å²) >= 11 is 0. The molecular weight excluding hydrogens is 320 g/mol. The van der Waals surface area contributed by atoms with Crippen LogP contribution in [0.1, 0.15) is 13.3 Å². The molecule has 2 N–H and O–H groups in total. The van der Waals surface area contributed by atoms with Crippen molar-refractivity contribution in [3.63, 3.8) is 0 Å². The van der Waals surface area contributed by atoms with Crippen LogP contribution in [0.4, 0.5) is 10.5 Å². The van der Waals surface area contributed by atoms with Crippen LogP contribution in [0.3, 0.4) is 0 Å².